The van der Waals surface area contributed by atoms with Crippen LogP contribution in [0.2, 0.25) is 0 Å². The number of fused-ring (bicyclic) bond motifs is 1. The molecule has 3 heterocycles. The van der Waals surface area contributed by atoms with Crippen LogP contribution in [0.3, 0.4) is 0 Å². The molecule has 1 fully saturated rings. The lowest BCUT2D eigenvalue weighted by molar-refractivity contribution is 0.0699. The van der Waals surface area contributed by atoms with Gasteiger partial charge in [0, 0.05) is 37.4 Å². The SMILES string of the molecule is Cc1ccc(S(=O)(=O)N2CCN(C(=O)c3cc(C)nc4onc(-c5ccccc5)c34)CC2)cc1. The highest BCUT2D eigenvalue weighted by atomic mass is 32.2. The van der Waals surface area contributed by atoms with Crippen LogP contribution >= 0.6 is 0 Å². The molecule has 1 amide bonds. The van der Waals surface area contributed by atoms with Crippen molar-refractivity contribution in [3.63, 3.8) is 0 Å². The highest BCUT2D eigenvalue weighted by Gasteiger charge is 2.32. The average Bonchev–Trinajstić information content (AvgIpc) is 3.28. The van der Waals surface area contributed by atoms with Crippen molar-refractivity contribution in [3.8, 4) is 11.3 Å². The summed E-state index contributed by atoms with van der Waals surface area (Å²) in [6.45, 7) is 4.75. The lowest BCUT2D eigenvalue weighted by atomic mass is 10.0. The summed E-state index contributed by atoms with van der Waals surface area (Å²) in [4.78, 5) is 19.9. The van der Waals surface area contributed by atoms with Gasteiger partial charge in [-0.15, -0.1) is 0 Å². The Morgan fingerprint density at radius 3 is 2.29 bits per heavy atom. The Labute approximate surface area is 197 Å². The number of hydrogen-bond acceptors (Lipinski definition) is 6. The molecule has 34 heavy (non-hydrogen) atoms. The van der Waals surface area contributed by atoms with Crippen molar-refractivity contribution in [1.29, 1.82) is 0 Å². The van der Waals surface area contributed by atoms with E-state index in [2.05, 4.69) is 10.1 Å². The molecule has 1 saturated heterocycles. The van der Waals surface area contributed by atoms with Gasteiger partial charge in [-0.1, -0.05) is 53.2 Å². The molecule has 2 aromatic carbocycles. The molecule has 1 aliphatic heterocycles. The fourth-order valence-electron chi connectivity index (χ4n) is 4.20. The molecular weight excluding hydrogens is 452 g/mol. The minimum absolute atomic E-state index is 0.191. The minimum atomic E-state index is -3.61. The second-order valence-electron chi connectivity index (χ2n) is 8.40. The Morgan fingerprint density at radius 1 is 0.941 bits per heavy atom. The topological polar surface area (TPSA) is 96.6 Å². The fraction of sp³-hybridized carbons (Fsp3) is 0.240. The summed E-state index contributed by atoms with van der Waals surface area (Å²) < 4.78 is 32.9. The second-order valence-corrected chi connectivity index (χ2v) is 10.3. The smallest absolute Gasteiger partial charge is 0.259 e. The molecule has 174 valence electrons. The molecule has 1 aliphatic rings. The first-order chi connectivity index (χ1) is 16.3. The van der Waals surface area contributed by atoms with Crippen LogP contribution in [0.25, 0.3) is 22.4 Å². The number of carbonyl (C=O) groups is 1. The number of hydrogen-bond donors (Lipinski definition) is 0. The summed E-state index contributed by atoms with van der Waals surface area (Å²) in [5, 5.41) is 4.75. The van der Waals surface area contributed by atoms with Crippen LogP contribution in [-0.4, -0.2) is 59.8 Å². The van der Waals surface area contributed by atoms with Gasteiger partial charge in [0.15, 0.2) is 0 Å². The van der Waals surface area contributed by atoms with E-state index in [1.54, 1.807) is 42.2 Å². The van der Waals surface area contributed by atoms with Crippen molar-refractivity contribution in [2.75, 3.05) is 26.2 Å². The fourth-order valence-corrected chi connectivity index (χ4v) is 5.62. The van der Waals surface area contributed by atoms with Gasteiger partial charge in [-0.25, -0.2) is 13.4 Å². The number of nitrogens with zero attached hydrogens (tertiary/aromatic N) is 4. The van der Waals surface area contributed by atoms with Crippen LogP contribution in [0.1, 0.15) is 21.6 Å². The molecule has 0 unspecified atom stereocenters. The third-order valence-corrected chi connectivity index (χ3v) is 7.95. The Kier molecular flexibility index (Phi) is 5.66. The summed E-state index contributed by atoms with van der Waals surface area (Å²) in [7, 11) is -3.61. The highest BCUT2D eigenvalue weighted by Crippen LogP contribution is 2.31. The van der Waals surface area contributed by atoms with Gasteiger partial charge in [0.25, 0.3) is 11.6 Å². The molecule has 0 atom stereocenters. The van der Waals surface area contributed by atoms with E-state index in [0.29, 0.717) is 41.1 Å². The Balaban J connectivity index is 1.41. The Bertz CT molecular complexity index is 1460. The number of carbonyl (C=O) groups excluding carboxylic acids is 1. The number of amides is 1. The number of rotatable bonds is 4. The molecule has 2 aromatic heterocycles. The van der Waals surface area contributed by atoms with Gasteiger partial charge in [0.05, 0.1) is 15.8 Å². The van der Waals surface area contributed by atoms with Gasteiger partial charge in [-0.2, -0.15) is 4.31 Å². The maximum atomic E-state index is 13.6. The number of piperazine rings is 1. The van der Waals surface area contributed by atoms with Crippen LogP contribution in [0, 0.1) is 13.8 Å². The van der Waals surface area contributed by atoms with E-state index in [1.807, 2.05) is 37.3 Å². The van der Waals surface area contributed by atoms with E-state index in [-0.39, 0.29) is 23.9 Å². The van der Waals surface area contributed by atoms with Crippen LogP contribution in [0.5, 0.6) is 0 Å². The number of pyridine rings is 1. The molecular formula is C25H24N4O4S. The molecule has 5 rings (SSSR count). The summed E-state index contributed by atoms with van der Waals surface area (Å²) in [5.74, 6) is -0.191. The summed E-state index contributed by atoms with van der Waals surface area (Å²) in [5.41, 5.74) is 3.80. The maximum Gasteiger partial charge on any atom is 0.259 e. The van der Waals surface area contributed by atoms with Crippen molar-refractivity contribution in [2.45, 2.75) is 18.7 Å². The molecule has 4 aromatic rings. The summed E-state index contributed by atoms with van der Waals surface area (Å²) in [6, 6.07) is 18.1. The van der Waals surface area contributed by atoms with Gasteiger partial charge in [0.2, 0.25) is 10.0 Å². The van der Waals surface area contributed by atoms with Crippen molar-refractivity contribution in [3.05, 3.63) is 77.5 Å². The van der Waals surface area contributed by atoms with Gasteiger partial charge < -0.3 is 9.42 Å². The predicted octanol–water partition coefficient (Wildman–Crippen LogP) is 3.65. The molecule has 0 aliphatic carbocycles. The minimum Gasteiger partial charge on any atom is -0.336 e. The van der Waals surface area contributed by atoms with E-state index in [1.165, 1.54) is 4.31 Å². The van der Waals surface area contributed by atoms with Crippen LogP contribution in [0.15, 0.2) is 70.1 Å². The third-order valence-electron chi connectivity index (χ3n) is 6.04. The lowest BCUT2D eigenvalue weighted by Crippen LogP contribution is -2.50. The van der Waals surface area contributed by atoms with Crippen molar-refractivity contribution in [2.24, 2.45) is 0 Å². The number of aryl methyl sites for hydroxylation is 2. The molecule has 0 saturated carbocycles. The number of benzene rings is 2. The highest BCUT2D eigenvalue weighted by molar-refractivity contribution is 7.89. The van der Waals surface area contributed by atoms with Crippen LogP contribution in [0.4, 0.5) is 0 Å². The largest absolute Gasteiger partial charge is 0.336 e. The van der Waals surface area contributed by atoms with Crippen molar-refractivity contribution < 1.29 is 17.7 Å². The zero-order valence-electron chi connectivity index (χ0n) is 18.9. The average molecular weight is 477 g/mol. The third kappa shape index (κ3) is 3.97. The first-order valence-electron chi connectivity index (χ1n) is 11.0. The number of aromatic nitrogens is 2. The molecule has 9 heteroatoms. The van der Waals surface area contributed by atoms with Crippen LogP contribution in [-0.2, 0) is 10.0 Å². The zero-order valence-corrected chi connectivity index (χ0v) is 19.7. The molecule has 8 nitrogen and oxygen atoms in total. The molecule has 0 bridgehead atoms. The second kappa shape index (κ2) is 8.66. The van der Waals surface area contributed by atoms with Crippen molar-refractivity contribution in [1.82, 2.24) is 19.3 Å². The van der Waals surface area contributed by atoms with Gasteiger partial charge in [0.1, 0.15) is 5.69 Å². The van der Waals surface area contributed by atoms with Gasteiger partial charge in [-0.3, -0.25) is 4.79 Å². The predicted molar refractivity (Wildman–Crippen MR) is 128 cm³/mol. The normalized spacial score (nSPS) is 15.1. The maximum absolute atomic E-state index is 13.6. The lowest BCUT2D eigenvalue weighted by Gasteiger charge is -2.34. The first kappa shape index (κ1) is 22.2. The van der Waals surface area contributed by atoms with E-state index >= 15 is 0 Å². The van der Waals surface area contributed by atoms with E-state index < -0.39 is 10.0 Å². The summed E-state index contributed by atoms with van der Waals surface area (Å²) >= 11 is 0. The Morgan fingerprint density at radius 2 is 1.62 bits per heavy atom. The van der Waals surface area contributed by atoms with Crippen LogP contribution < -0.4 is 0 Å². The summed E-state index contributed by atoms with van der Waals surface area (Å²) in [6.07, 6.45) is 0. The Hall–Kier alpha value is -3.56. The molecule has 0 radical (unpaired) electrons. The zero-order chi connectivity index (χ0) is 23.9. The van der Waals surface area contributed by atoms with Crippen molar-refractivity contribution >= 4 is 27.0 Å². The molecule has 0 N–H and O–H groups in total. The number of sulfonamides is 1. The van der Waals surface area contributed by atoms with E-state index in [4.69, 9.17) is 4.52 Å². The van der Waals surface area contributed by atoms with E-state index in [9.17, 15) is 13.2 Å². The quantitative estimate of drug-likeness (QED) is 0.446. The van der Waals surface area contributed by atoms with Gasteiger partial charge >= 0.3 is 0 Å². The monoisotopic (exact) mass is 476 g/mol. The standard InChI is InChI=1S/C25H24N4O4S/c1-17-8-10-20(11-9-17)34(31,32)29-14-12-28(13-15-29)25(30)21-16-18(2)26-24-22(21)23(27-33-24)19-6-4-3-5-7-19/h3-11,16H,12-15H2,1-2H3. The first-order valence-corrected chi connectivity index (χ1v) is 12.5. The molecule has 0 spiro atoms. The van der Waals surface area contributed by atoms with E-state index in [0.717, 1.165) is 11.1 Å². The van der Waals surface area contributed by atoms with Gasteiger partial charge in [-0.05, 0) is 32.0 Å².